The number of aryl methyl sites for hydroxylation is 2. The van der Waals surface area contributed by atoms with Gasteiger partial charge in [-0.1, -0.05) is 23.7 Å². The molecule has 0 atom stereocenters. The number of ether oxygens (including phenoxy) is 2. The zero-order chi connectivity index (χ0) is 23.4. The van der Waals surface area contributed by atoms with Gasteiger partial charge in [0.2, 0.25) is 5.91 Å². The van der Waals surface area contributed by atoms with Crippen molar-refractivity contribution in [2.45, 2.75) is 20.1 Å². The second-order valence-electron chi connectivity index (χ2n) is 7.56. The summed E-state index contributed by atoms with van der Waals surface area (Å²) in [6, 6.07) is 9.87. The largest absolute Gasteiger partial charge is 0.487 e. The van der Waals surface area contributed by atoms with Crippen molar-refractivity contribution in [1.29, 1.82) is 0 Å². The number of amides is 1. The van der Waals surface area contributed by atoms with E-state index in [-0.39, 0.29) is 25.7 Å². The fourth-order valence-corrected chi connectivity index (χ4v) is 3.89. The quantitative estimate of drug-likeness (QED) is 0.425. The van der Waals surface area contributed by atoms with Crippen LogP contribution in [0.3, 0.4) is 0 Å². The molecule has 1 amide bonds. The van der Waals surface area contributed by atoms with Crippen molar-refractivity contribution in [3.63, 3.8) is 0 Å². The van der Waals surface area contributed by atoms with Gasteiger partial charge in [-0.3, -0.25) is 14.5 Å². The number of halogens is 1. The maximum Gasteiger partial charge on any atom is 0.246 e. The minimum Gasteiger partial charge on any atom is -0.487 e. The van der Waals surface area contributed by atoms with Gasteiger partial charge in [-0.2, -0.15) is 5.10 Å². The maximum absolute atomic E-state index is 11.8. The Kier molecular flexibility index (Phi) is 6.86. The second kappa shape index (κ2) is 9.97. The number of fused-ring (bicyclic) bond motifs is 1. The third kappa shape index (κ3) is 4.97. The van der Waals surface area contributed by atoms with Crippen LogP contribution in [0.1, 0.15) is 16.8 Å². The third-order valence-corrected chi connectivity index (χ3v) is 5.57. The lowest BCUT2D eigenvalue weighted by atomic mass is 10.0. The molecule has 0 saturated heterocycles. The predicted octanol–water partition coefficient (Wildman–Crippen LogP) is 3.83. The number of pyridine rings is 2. The molecule has 170 valence electrons. The van der Waals surface area contributed by atoms with Crippen LogP contribution in [0.5, 0.6) is 5.75 Å². The molecule has 0 aliphatic carbocycles. The number of benzene rings is 1. The van der Waals surface area contributed by atoms with Crippen LogP contribution >= 0.6 is 11.6 Å². The topological polar surface area (TPSA) is 91.2 Å². The van der Waals surface area contributed by atoms with Gasteiger partial charge >= 0.3 is 0 Å². The average molecular weight is 466 g/mol. The van der Waals surface area contributed by atoms with Crippen molar-refractivity contribution < 1.29 is 14.3 Å². The van der Waals surface area contributed by atoms with Gasteiger partial charge in [0.05, 0.1) is 10.7 Å². The molecule has 3 aromatic heterocycles. The maximum atomic E-state index is 11.8. The highest BCUT2D eigenvalue weighted by Gasteiger charge is 2.15. The molecule has 1 aromatic carbocycles. The van der Waals surface area contributed by atoms with Crippen LogP contribution in [0.2, 0.25) is 5.02 Å². The fraction of sp³-hybridized carbons (Fsp3) is 0.250. The molecule has 9 heteroatoms. The Morgan fingerprint density at radius 1 is 1.24 bits per heavy atom. The molecular formula is C24H24ClN5O3. The van der Waals surface area contributed by atoms with Crippen LogP contribution in [0.15, 0.2) is 48.9 Å². The Bertz CT molecular complexity index is 1300. The summed E-state index contributed by atoms with van der Waals surface area (Å²) in [5.41, 5.74) is 5.18. The number of carbonyl (C=O) groups excluding carboxylic acids is 1. The first kappa shape index (κ1) is 22.7. The Morgan fingerprint density at radius 2 is 2.09 bits per heavy atom. The van der Waals surface area contributed by atoms with Crippen LogP contribution in [0.4, 0.5) is 0 Å². The molecular weight excluding hydrogens is 442 g/mol. The lowest BCUT2D eigenvalue weighted by Gasteiger charge is -2.15. The van der Waals surface area contributed by atoms with E-state index in [4.69, 9.17) is 26.1 Å². The Morgan fingerprint density at radius 3 is 2.85 bits per heavy atom. The molecule has 33 heavy (non-hydrogen) atoms. The van der Waals surface area contributed by atoms with Crippen molar-refractivity contribution >= 4 is 28.4 Å². The van der Waals surface area contributed by atoms with Crippen LogP contribution < -0.4 is 10.1 Å². The van der Waals surface area contributed by atoms with Crippen LogP contribution in [0, 0.1) is 6.92 Å². The van der Waals surface area contributed by atoms with E-state index >= 15 is 0 Å². The lowest BCUT2D eigenvalue weighted by Crippen LogP contribution is -2.27. The van der Waals surface area contributed by atoms with Crippen LogP contribution in [0.25, 0.3) is 22.2 Å². The molecule has 0 fully saturated rings. The van der Waals surface area contributed by atoms with Crippen LogP contribution in [-0.2, 0) is 29.7 Å². The number of methoxy groups -OCH3 is 1. The summed E-state index contributed by atoms with van der Waals surface area (Å²) < 4.78 is 12.9. The average Bonchev–Trinajstić information content (AvgIpc) is 3.22. The number of aromatic nitrogens is 4. The zero-order valence-electron chi connectivity index (χ0n) is 18.6. The smallest absolute Gasteiger partial charge is 0.246 e. The zero-order valence-corrected chi connectivity index (χ0v) is 19.4. The van der Waals surface area contributed by atoms with E-state index in [1.807, 2.05) is 49.0 Å². The molecule has 3 heterocycles. The highest BCUT2D eigenvalue weighted by atomic mass is 35.5. The summed E-state index contributed by atoms with van der Waals surface area (Å²) in [4.78, 5) is 20.7. The molecule has 0 aliphatic rings. The van der Waals surface area contributed by atoms with Crippen molar-refractivity contribution in [3.8, 4) is 17.0 Å². The first-order valence-corrected chi connectivity index (χ1v) is 10.7. The number of nitrogens with one attached hydrogen (secondary N) is 1. The van der Waals surface area contributed by atoms with Gasteiger partial charge in [-0.15, -0.1) is 0 Å². The van der Waals surface area contributed by atoms with E-state index in [0.717, 1.165) is 39.0 Å². The van der Waals surface area contributed by atoms with Crippen molar-refractivity contribution in [1.82, 2.24) is 25.1 Å². The fourth-order valence-electron chi connectivity index (χ4n) is 3.66. The van der Waals surface area contributed by atoms with Gasteiger partial charge in [0, 0.05) is 61.5 Å². The van der Waals surface area contributed by atoms with Crippen molar-refractivity contribution in [2.24, 2.45) is 7.05 Å². The third-order valence-electron chi connectivity index (χ3n) is 5.25. The molecule has 4 rings (SSSR count). The standard InChI is InChI=1S/C24H24ClN5O3/c1-15-9-18(21-7-8-28-30(21)2)17-5-4-6-22(24(17)29-15)33-13-19-16(10-26-12-20(19)25)11-27-23(31)14-32-3/h4-10,12H,11,13-14H2,1-3H3,(H,27,31). The number of hydrogen-bond acceptors (Lipinski definition) is 6. The summed E-state index contributed by atoms with van der Waals surface area (Å²) >= 11 is 6.42. The Labute approximate surface area is 196 Å². The number of hydrogen-bond donors (Lipinski definition) is 1. The number of nitrogens with zero attached hydrogens (tertiary/aromatic N) is 4. The van der Waals surface area contributed by atoms with E-state index in [2.05, 4.69) is 15.4 Å². The highest BCUT2D eigenvalue weighted by Crippen LogP contribution is 2.33. The van der Waals surface area contributed by atoms with E-state index in [0.29, 0.717) is 10.8 Å². The Hall–Kier alpha value is -3.49. The van der Waals surface area contributed by atoms with Gasteiger partial charge in [0.25, 0.3) is 0 Å². The summed E-state index contributed by atoms with van der Waals surface area (Å²) in [6.07, 6.45) is 5.01. The van der Waals surface area contributed by atoms with Gasteiger partial charge in [-0.05, 0) is 30.7 Å². The summed E-state index contributed by atoms with van der Waals surface area (Å²) in [5, 5.41) is 8.52. The van der Waals surface area contributed by atoms with Gasteiger partial charge < -0.3 is 14.8 Å². The summed E-state index contributed by atoms with van der Waals surface area (Å²) in [6.45, 7) is 2.41. The lowest BCUT2D eigenvalue weighted by molar-refractivity contribution is -0.124. The SMILES string of the molecule is COCC(=O)NCc1cncc(Cl)c1COc1cccc2c(-c3ccnn3C)cc(C)nc12. The molecule has 0 unspecified atom stereocenters. The number of para-hydroxylation sites is 1. The molecule has 8 nitrogen and oxygen atoms in total. The molecule has 0 aliphatic heterocycles. The van der Waals surface area contributed by atoms with E-state index in [1.54, 1.807) is 18.6 Å². The van der Waals surface area contributed by atoms with Gasteiger partial charge in [-0.25, -0.2) is 4.98 Å². The molecule has 0 saturated carbocycles. The normalized spacial score (nSPS) is 11.0. The molecule has 1 N–H and O–H groups in total. The van der Waals surface area contributed by atoms with Crippen molar-refractivity contribution in [3.05, 3.63) is 70.8 Å². The molecule has 0 bridgehead atoms. The number of carbonyl (C=O) groups is 1. The van der Waals surface area contributed by atoms with Gasteiger partial charge in [0.1, 0.15) is 24.5 Å². The predicted molar refractivity (Wildman–Crippen MR) is 126 cm³/mol. The summed E-state index contributed by atoms with van der Waals surface area (Å²) in [5.74, 6) is 0.419. The second-order valence-corrected chi connectivity index (χ2v) is 7.97. The van der Waals surface area contributed by atoms with Crippen molar-refractivity contribution in [2.75, 3.05) is 13.7 Å². The molecule has 0 radical (unpaired) electrons. The minimum absolute atomic E-state index is 0.0140. The first-order chi connectivity index (χ1) is 16.0. The molecule has 0 spiro atoms. The van der Waals surface area contributed by atoms with Crippen LogP contribution in [-0.4, -0.2) is 39.4 Å². The first-order valence-electron chi connectivity index (χ1n) is 10.4. The monoisotopic (exact) mass is 465 g/mol. The summed E-state index contributed by atoms with van der Waals surface area (Å²) in [7, 11) is 3.38. The minimum atomic E-state index is -0.222. The highest BCUT2D eigenvalue weighted by molar-refractivity contribution is 6.31. The van der Waals surface area contributed by atoms with Gasteiger partial charge in [0.15, 0.2) is 0 Å². The molecule has 4 aromatic rings. The Balaban J connectivity index is 1.64. The van der Waals surface area contributed by atoms with E-state index in [1.165, 1.54) is 7.11 Å². The van der Waals surface area contributed by atoms with E-state index < -0.39 is 0 Å². The van der Waals surface area contributed by atoms with E-state index in [9.17, 15) is 4.79 Å². The number of rotatable bonds is 8.